The van der Waals surface area contributed by atoms with Gasteiger partial charge in [-0.05, 0) is 45.0 Å². The Morgan fingerprint density at radius 2 is 2.21 bits per heavy atom. The lowest BCUT2D eigenvalue weighted by atomic mass is 10.2. The first-order chi connectivity index (χ1) is 11.5. The molecule has 7 heteroatoms. The lowest BCUT2D eigenvalue weighted by Crippen LogP contribution is -2.37. The average molecular weight is 326 g/mol. The van der Waals surface area contributed by atoms with Crippen molar-refractivity contribution in [3.8, 4) is 0 Å². The maximum absolute atomic E-state index is 12.2. The van der Waals surface area contributed by atoms with Crippen LogP contribution in [-0.4, -0.2) is 32.1 Å². The number of hydrogen-bond acceptors (Lipinski definition) is 3. The number of amides is 2. The van der Waals surface area contributed by atoms with Crippen LogP contribution in [0, 0.1) is 6.92 Å². The minimum Gasteiger partial charge on any atom is -0.335 e. The summed E-state index contributed by atoms with van der Waals surface area (Å²) in [6.45, 7) is 6.74. The molecule has 0 aliphatic carbocycles. The summed E-state index contributed by atoms with van der Waals surface area (Å²) in [5.41, 5.74) is 3.71. The molecule has 1 atom stereocenters. The van der Waals surface area contributed by atoms with E-state index in [0.29, 0.717) is 6.42 Å². The van der Waals surface area contributed by atoms with E-state index in [4.69, 9.17) is 0 Å². The number of aryl methyl sites for hydroxylation is 2. The molecule has 0 spiro atoms. The van der Waals surface area contributed by atoms with Crippen LogP contribution in [0.4, 0.5) is 10.5 Å². The van der Waals surface area contributed by atoms with Crippen molar-refractivity contribution in [1.82, 2.24) is 25.3 Å². The SMILES string of the molecule is CCn1ncc2ccc(NC(=O)N[C@@H](C)Cc3cc(C)[nH]n3)cc21. The summed E-state index contributed by atoms with van der Waals surface area (Å²) in [4.78, 5) is 12.2. The highest BCUT2D eigenvalue weighted by atomic mass is 16.2. The quantitative estimate of drug-likeness (QED) is 0.673. The number of nitrogens with one attached hydrogen (secondary N) is 3. The number of nitrogens with zero attached hydrogens (tertiary/aromatic N) is 3. The molecule has 0 unspecified atom stereocenters. The fourth-order valence-corrected chi connectivity index (χ4v) is 2.73. The maximum atomic E-state index is 12.2. The number of aromatic nitrogens is 4. The van der Waals surface area contributed by atoms with Gasteiger partial charge < -0.3 is 10.6 Å². The summed E-state index contributed by atoms with van der Waals surface area (Å²) in [6, 6.07) is 7.52. The fraction of sp³-hybridized carbons (Fsp3) is 0.353. The van der Waals surface area contributed by atoms with Gasteiger partial charge in [-0.2, -0.15) is 10.2 Å². The van der Waals surface area contributed by atoms with Crippen molar-refractivity contribution in [2.24, 2.45) is 0 Å². The number of benzene rings is 1. The summed E-state index contributed by atoms with van der Waals surface area (Å²) in [5.74, 6) is 0. The summed E-state index contributed by atoms with van der Waals surface area (Å²) in [7, 11) is 0. The standard InChI is InChI=1S/C17H22N6O/c1-4-23-16-9-14(6-5-13(16)10-18-23)20-17(24)19-11(2)7-15-8-12(3)21-22-15/h5-6,8-11H,4,7H2,1-3H3,(H,21,22)(H2,19,20,24)/t11-/m0/s1. The Kier molecular flexibility index (Phi) is 4.50. The largest absolute Gasteiger partial charge is 0.335 e. The van der Waals surface area contributed by atoms with E-state index in [1.54, 1.807) is 0 Å². The van der Waals surface area contributed by atoms with Crippen molar-refractivity contribution < 1.29 is 4.79 Å². The first kappa shape index (κ1) is 16.0. The summed E-state index contributed by atoms with van der Waals surface area (Å²) in [6.07, 6.45) is 2.51. The van der Waals surface area contributed by atoms with Gasteiger partial charge in [0.2, 0.25) is 0 Å². The molecule has 2 aromatic heterocycles. The third kappa shape index (κ3) is 3.56. The molecule has 3 rings (SSSR count). The second-order valence-corrected chi connectivity index (χ2v) is 5.98. The van der Waals surface area contributed by atoms with Crippen LogP contribution in [0.3, 0.4) is 0 Å². The lowest BCUT2D eigenvalue weighted by molar-refractivity contribution is 0.249. The van der Waals surface area contributed by atoms with Gasteiger partial charge >= 0.3 is 6.03 Å². The Labute approximate surface area is 140 Å². The summed E-state index contributed by atoms with van der Waals surface area (Å²) < 4.78 is 1.90. The van der Waals surface area contributed by atoms with Gasteiger partial charge in [0.1, 0.15) is 0 Å². The normalized spacial score (nSPS) is 12.3. The number of hydrogen-bond donors (Lipinski definition) is 3. The predicted molar refractivity (Wildman–Crippen MR) is 94.1 cm³/mol. The van der Waals surface area contributed by atoms with Crippen LogP contribution in [0.25, 0.3) is 10.9 Å². The van der Waals surface area contributed by atoms with Crippen molar-refractivity contribution >= 4 is 22.6 Å². The van der Waals surface area contributed by atoms with Gasteiger partial charge in [-0.15, -0.1) is 0 Å². The van der Waals surface area contributed by atoms with Crippen molar-refractivity contribution in [3.63, 3.8) is 0 Å². The Morgan fingerprint density at radius 3 is 2.92 bits per heavy atom. The molecular weight excluding hydrogens is 304 g/mol. The number of anilines is 1. The van der Waals surface area contributed by atoms with E-state index in [9.17, 15) is 4.79 Å². The highest BCUT2D eigenvalue weighted by molar-refractivity contribution is 5.92. The summed E-state index contributed by atoms with van der Waals surface area (Å²) >= 11 is 0. The highest BCUT2D eigenvalue weighted by Gasteiger charge is 2.11. The molecule has 0 aliphatic heterocycles. The zero-order valence-electron chi connectivity index (χ0n) is 14.1. The van der Waals surface area contributed by atoms with E-state index < -0.39 is 0 Å². The number of urea groups is 1. The van der Waals surface area contributed by atoms with Crippen molar-refractivity contribution in [2.75, 3.05) is 5.32 Å². The van der Waals surface area contributed by atoms with E-state index in [-0.39, 0.29) is 12.1 Å². The van der Waals surface area contributed by atoms with Crippen molar-refractivity contribution in [1.29, 1.82) is 0 Å². The molecule has 126 valence electrons. The number of carbonyl (C=O) groups is 1. The molecule has 2 amide bonds. The molecular formula is C17H22N6O. The topological polar surface area (TPSA) is 87.6 Å². The number of carbonyl (C=O) groups excluding carboxylic acids is 1. The van der Waals surface area contributed by atoms with Gasteiger partial charge in [-0.25, -0.2) is 4.79 Å². The first-order valence-electron chi connectivity index (χ1n) is 8.09. The molecule has 0 radical (unpaired) electrons. The van der Waals surface area contributed by atoms with Crippen LogP contribution in [0.15, 0.2) is 30.5 Å². The van der Waals surface area contributed by atoms with Crippen molar-refractivity contribution in [3.05, 3.63) is 41.9 Å². The van der Waals surface area contributed by atoms with Crippen LogP contribution >= 0.6 is 0 Å². The highest BCUT2D eigenvalue weighted by Crippen LogP contribution is 2.19. The van der Waals surface area contributed by atoms with E-state index in [1.807, 2.05) is 55.9 Å². The van der Waals surface area contributed by atoms with E-state index in [2.05, 4.69) is 25.9 Å². The van der Waals surface area contributed by atoms with Gasteiger partial charge in [-0.1, -0.05) is 0 Å². The zero-order chi connectivity index (χ0) is 17.1. The van der Waals surface area contributed by atoms with Crippen LogP contribution in [0.5, 0.6) is 0 Å². The van der Waals surface area contributed by atoms with Gasteiger partial charge in [0.05, 0.1) is 17.4 Å². The molecule has 7 nitrogen and oxygen atoms in total. The van der Waals surface area contributed by atoms with Gasteiger partial charge in [0, 0.05) is 35.8 Å². The molecule has 2 heterocycles. The Bertz CT molecular complexity index is 850. The third-order valence-corrected chi connectivity index (χ3v) is 3.85. The van der Waals surface area contributed by atoms with Gasteiger partial charge in [0.25, 0.3) is 0 Å². The Balaban J connectivity index is 1.61. The molecule has 0 aliphatic rings. The molecule has 0 saturated heterocycles. The molecule has 0 saturated carbocycles. The van der Waals surface area contributed by atoms with E-state index in [1.165, 1.54) is 0 Å². The van der Waals surface area contributed by atoms with E-state index in [0.717, 1.165) is 34.5 Å². The Hall–Kier alpha value is -2.83. The molecule has 0 bridgehead atoms. The number of fused-ring (bicyclic) bond motifs is 1. The lowest BCUT2D eigenvalue weighted by Gasteiger charge is -2.13. The minimum atomic E-state index is -0.225. The second kappa shape index (κ2) is 6.74. The second-order valence-electron chi connectivity index (χ2n) is 5.98. The van der Waals surface area contributed by atoms with E-state index >= 15 is 0 Å². The smallest absolute Gasteiger partial charge is 0.319 e. The number of aromatic amines is 1. The Morgan fingerprint density at radius 1 is 1.38 bits per heavy atom. The van der Waals surface area contributed by atoms with Crippen LogP contribution in [0.1, 0.15) is 25.2 Å². The zero-order valence-corrected chi connectivity index (χ0v) is 14.1. The fourth-order valence-electron chi connectivity index (χ4n) is 2.73. The molecule has 3 aromatic rings. The molecule has 1 aromatic carbocycles. The maximum Gasteiger partial charge on any atom is 0.319 e. The van der Waals surface area contributed by atoms with Crippen LogP contribution < -0.4 is 10.6 Å². The third-order valence-electron chi connectivity index (χ3n) is 3.85. The molecule has 24 heavy (non-hydrogen) atoms. The first-order valence-corrected chi connectivity index (χ1v) is 8.09. The number of rotatable bonds is 5. The number of H-pyrrole nitrogens is 1. The van der Waals surface area contributed by atoms with Gasteiger partial charge in [-0.3, -0.25) is 9.78 Å². The summed E-state index contributed by atoms with van der Waals surface area (Å²) in [5, 5.41) is 18.3. The monoisotopic (exact) mass is 326 g/mol. The minimum absolute atomic E-state index is 0.0161. The van der Waals surface area contributed by atoms with Crippen molar-refractivity contribution in [2.45, 2.75) is 39.8 Å². The van der Waals surface area contributed by atoms with Crippen LogP contribution in [-0.2, 0) is 13.0 Å². The molecule has 3 N–H and O–H groups in total. The van der Waals surface area contributed by atoms with Gasteiger partial charge in [0.15, 0.2) is 0 Å². The predicted octanol–water partition coefficient (Wildman–Crippen LogP) is 2.84. The van der Waals surface area contributed by atoms with Crippen LogP contribution in [0.2, 0.25) is 0 Å². The molecule has 0 fully saturated rings. The average Bonchev–Trinajstić information content (AvgIpc) is 3.12.